The van der Waals surface area contributed by atoms with Gasteiger partial charge in [0.25, 0.3) is 5.91 Å². The third-order valence-corrected chi connectivity index (χ3v) is 7.67. The maximum atomic E-state index is 12.7. The summed E-state index contributed by atoms with van der Waals surface area (Å²) in [4.78, 5) is 26.5. The van der Waals surface area contributed by atoms with E-state index in [-0.39, 0.29) is 18.4 Å². The number of hydrogen-bond donors (Lipinski definition) is 1. The summed E-state index contributed by atoms with van der Waals surface area (Å²) in [6.07, 6.45) is 2.10. The average molecular weight is 415 g/mol. The first-order valence-electron chi connectivity index (χ1n) is 9.55. The largest absolute Gasteiger partial charge is 0.332 e. The van der Waals surface area contributed by atoms with Gasteiger partial charge < -0.3 is 10.2 Å². The van der Waals surface area contributed by atoms with Crippen LogP contribution in [0.25, 0.3) is 0 Å². The zero-order chi connectivity index (χ0) is 19.9. The Kier molecular flexibility index (Phi) is 7.45. The van der Waals surface area contributed by atoms with Crippen LogP contribution in [0.3, 0.4) is 0 Å². The predicted octanol–water partition coefficient (Wildman–Crippen LogP) is 4.83. The first-order chi connectivity index (χ1) is 13.6. The molecule has 0 aliphatic carbocycles. The smallest absolute Gasteiger partial charge is 0.254 e. The summed E-state index contributed by atoms with van der Waals surface area (Å²) >= 11 is 3.93. The Balaban J connectivity index is 1.58. The lowest BCUT2D eigenvalue weighted by Crippen LogP contribution is -2.35. The molecule has 0 aromatic heterocycles. The molecule has 1 aliphatic rings. The van der Waals surface area contributed by atoms with Crippen molar-refractivity contribution < 1.29 is 9.59 Å². The molecule has 1 aliphatic heterocycles. The summed E-state index contributed by atoms with van der Waals surface area (Å²) in [6.45, 7) is 2.07. The molecule has 3 rings (SSSR count). The molecule has 1 heterocycles. The first kappa shape index (κ1) is 20.8. The van der Waals surface area contributed by atoms with Crippen molar-refractivity contribution in [2.75, 3.05) is 30.4 Å². The number of nitrogens with zero attached hydrogens (tertiary/aromatic N) is 1. The van der Waals surface area contributed by atoms with Gasteiger partial charge in [0.15, 0.2) is 0 Å². The lowest BCUT2D eigenvalue weighted by Gasteiger charge is -2.22. The molecular formula is C22H26N2O2S2. The second kappa shape index (κ2) is 10.0. The maximum Gasteiger partial charge on any atom is 0.254 e. The highest BCUT2D eigenvalue weighted by Crippen LogP contribution is 2.43. The Morgan fingerprint density at radius 1 is 1.07 bits per heavy atom. The average Bonchev–Trinajstić information content (AvgIpc) is 2.74. The van der Waals surface area contributed by atoms with Crippen molar-refractivity contribution in [3.8, 4) is 0 Å². The van der Waals surface area contributed by atoms with E-state index in [9.17, 15) is 9.59 Å². The van der Waals surface area contributed by atoms with Gasteiger partial charge in [0, 0.05) is 18.3 Å². The number of amides is 2. The monoisotopic (exact) mass is 414 g/mol. The Bertz CT molecular complexity index is 818. The highest BCUT2D eigenvalue weighted by Gasteiger charge is 2.19. The molecule has 148 valence electrons. The molecule has 6 heteroatoms. The lowest BCUT2D eigenvalue weighted by molar-refractivity contribution is -0.116. The number of carbonyl (C=O) groups is 2. The molecule has 2 aromatic carbocycles. The maximum absolute atomic E-state index is 12.7. The van der Waals surface area contributed by atoms with Gasteiger partial charge in [-0.15, -0.1) is 23.5 Å². The van der Waals surface area contributed by atoms with Crippen LogP contribution in [0.15, 0.2) is 48.5 Å². The Morgan fingerprint density at radius 3 is 2.43 bits per heavy atom. The van der Waals surface area contributed by atoms with E-state index in [1.54, 1.807) is 7.05 Å². The fourth-order valence-corrected chi connectivity index (χ4v) is 6.01. The molecule has 0 spiro atoms. The number of carbonyl (C=O) groups excluding carboxylic acids is 2. The van der Waals surface area contributed by atoms with Gasteiger partial charge >= 0.3 is 0 Å². The number of benzene rings is 2. The van der Waals surface area contributed by atoms with E-state index in [0.717, 1.165) is 17.7 Å². The Labute approximate surface area is 175 Å². The van der Waals surface area contributed by atoms with Crippen LogP contribution in [0.4, 0.5) is 5.69 Å². The normalized spacial score (nSPS) is 14.5. The minimum absolute atomic E-state index is 0.0208. The lowest BCUT2D eigenvalue weighted by atomic mass is 10.1. The second-order valence-corrected chi connectivity index (χ2v) is 9.49. The number of aryl methyl sites for hydroxylation is 1. The summed E-state index contributed by atoms with van der Waals surface area (Å²) in [6, 6.07) is 15.5. The second-order valence-electron chi connectivity index (χ2n) is 6.77. The molecule has 4 nitrogen and oxygen atoms in total. The molecule has 0 unspecified atom stereocenters. The van der Waals surface area contributed by atoms with Crippen LogP contribution in [0.2, 0.25) is 0 Å². The van der Waals surface area contributed by atoms with Crippen LogP contribution in [0.5, 0.6) is 0 Å². The van der Waals surface area contributed by atoms with Gasteiger partial charge in [-0.05, 0) is 53.7 Å². The molecule has 1 N–H and O–H groups in total. The summed E-state index contributed by atoms with van der Waals surface area (Å²) < 4.78 is 0.458. The molecule has 0 atom stereocenters. The van der Waals surface area contributed by atoms with Gasteiger partial charge in [-0.1, -0.05) is 37.3 Å². The molecule has 0 radical (unpaired) electrons. The van der Waals surface area contributed by atoms with E-state index < -0.39 is 0 Å². The Morgan fingerprint density at radius 2 is 1.75 bits per heavy atom. The minimum atomic E-state index is -0.191. The van der Waals surface area contributed by atoms with Gasteiger partial charge in [0.2, 0.25) is 5.91 Å². The van der Waals surface area contributed by atoms with Gasteiger partial charge in [0.05, 0.1) is 11.1 Å². The molecule has 2 aromatic rings. The third-order valence-electron chi connectivity index (χ3n) is 4.66. The fourth-order valence-electron chi connectivity index (χ4n) is 3.11. The van der Waals surface area contributed by atoms with Crippen LogP contribution in [-0.4, -0.2) is 41.8 Å². The molecule has 28 heavy (non-hydrogen) atoms. The van der Waals surface area contributed by atoms with Crippen LogP contribution in [0.1, 0.15) is 39.4 Å². The molecule has 1 fully saturated rings. The predicted molar refractivity (Wildman–Crippen MR) is 120 cm³/mol. The number of nitrogens with one attached hydrogen (secondary N) is 1. The number of anilines is 1. The van der Waals surface area contributed by atoms with Crippen LogP contribution in [0, 0.1) is 0 Å². The topological polar surface area (TPSA) is 49.4 Å². The Hall–Kier alpha value is -1.92. The van der Waals surface area contributed by atoms with Crippen molar-refractivity contribution in [2.45, 2.75) is 24.3 Å². The SMILES string of the molecule is CCc1ccccc1NC(=O)CN(C)C(=O)c1ccc(C2SCCCS2)cc1. The van der Waals surface area contributed by atoms with Crippen molar-refractivity contribution in [3.05, 3.63) is 65.2 Å². The highest BCUT2D eigenvalue weighted by atomic mass is 32.2. The summed E-state index contributed by atoms with van der Waals surface area (Å²) in [5.41, 5.74) is 3.75. The van der Waals surface area contributed by atoms with Crippen molar-refractivity contribution >= 4 is 41.0 Å². The molecule has 0 bridgehead atoms. The van der Waals surface area contributed by atoms with E-state index >= 15 is 0 Å². The van der Waals surface area contributed by atoms with Crippen molar-refractivity contribution in [1.29, 1.82) is 0 Å². The van der Waals surface area contributed by atoms with Crippen molar-refractivity contribution in [1.82, 2.24) is 4.90 Å². The molecule has 1 saturated heterocycles. The molecule has 2 amide bonds. The number of thioether (sulfide) groups is 2. The van der Waals surface area contributed by atoms with E-state index in [0.29, 0.717) is 10.1 Å². The number of rotatable bonds is 6. The van der Waals surface area contributed by atoms with Gasteiger partial charge in [-0.25, -0.2) is 0 Å². The van der Waals surface area contributed by atoms with E-state index in [1.165, 1.54) is 28.4 Å². The third kappa shape index (κ3) is 5.32. The zero-order valence-corrected chi connectivity index (χ0v) is 17.9. The van der Waals surface area contributed by atoms with Crippen LogP contribution < -0.4 is 5.32 Å². The summed E-state index contributed by atoms with van der Waals surface area (Å²) in [7, 11) is 1.66. The number of hydrogen-bond acceptors (Lipinski definition) is 4. The van der Waals surface area contributed by atoms with Crippen LogP contribution >= 0.6 is 23.5 Å². The fraction of sp³-hybridized carbons (Fsp3) is 0.364. The van der Waals surface area contributed by atoms with Gasteiger partial charge in [0.1, 0.15) is 0 Å². The molecule has 0 saturated carbocycles. The summed E-state index contributed by atoms with van der Waals surface area (Å²) in [5.74, 6) is 2.05. The highest BCUT2D eigenvalue weighted by molar-refractivity contribution is 8.16. The van der Waals surface area contributed by atoms with E-state index in [2.05, 4.69) is 12.2 Å². The zero-order valence-electron chi connectivity index (χ0n) is 16.3. The van der Waals surface area contributed by atoms with Crippen molar-refractivity contribution in [3.63, 3.8) is 0 Å². The first-order valence-corrected chi connectivity index (χ1v) is 11.6. The number of para-hydroxylation sites is 1. The summed E-state index contributed by atoms with van der Waals surface area (Å²) in [5, 5.41) is 2.91. The van der Waals surface area contributed by atoms with E-state index in [1.807, 2.05) is 72.1 Å². The van der Waals surface area contributed by atoms with Crippen molar-refractivity contribution in [2.24, 2.45) is 0 Å². The van der Waals surface area contributed by atoms with E-state index in [4.69, 9.17) is 0 Å². The molecular weight excluding hydrogens is 388 g/mol. The minimum Gasteiger partial charge on any atom is -0.332 e. The van der Waals surface area contributed by atoms with Gasteiger partial charge in [-0.3, -0.25) is 9.59 Å². The standard InChI is InChI=1S/C22H26N2O2S2/c1-3-16-7-4-5-8-19(16)23-20(25)15-24(2)21(26)17-9-11-18(12-10-17)22-27-13-6-14-28-22/h4-5,7-12,22H,3,6,13-15H2,1-2H3,(H,23,25). The van der Waals surface area contributed by atoms with Gasteiger partial charge in [-0.2, -0.15) is 0 Å². The van der Waals surface area contributed by atoms with Crippen LogP contribution in [-0.2, 0) is 11.2 Å². The quantitative estimate of drug-likeness (QED) is 0.736. The number of likely N-dealkylation sites (N-methyl/N-ethyl adjacent to an activating group) is 1.